The maximum atomic E-state index is 13.8. The average Bonchev–Trinajstić information content (AvgIpc) is 3.61. The minimum Gasteiger partial charge on any atom is -0.474 e. The van der Waals surface area contributed by atoms with Crippen molar-refractivity contribution in [2.45, 2.75) is 44.4 Å². The second-order valence-corrected chi connectivity index (χ2v) is 11.5. The smallest absolute Gasteiger partial charge is 0.262 e. The van der Waals surface area contributed by atoms with Crippen molar-refractivity contribution >= 4 is 50.5 Å². The molecule has 196 valence electrons. The Labute approximate surface area is 226 Å². The fourth-order valence-electron chi connectivity index (χ4n) is 4.80. The molecule has 37 heavy (non-hydrogen) atoms. The van der Waals surface area contributed by atoms with Crippen LogP contribution in [-0.2, 0) is 18.4 Å². The van der Waals surface area contributed by atoms with E-state index in [1.807, 2.05) is 12.1 Å². The van der Waals surface area contributed by atoms with Crippen molar-refractivity contribution in [2.75, 3.05) is 23.4 Å². The number of pyridine rings is 1. The van der Waals surface area contributed by atoms with E-state index in [0.717, 1.165) is 15.0 Å². The molecule has 9 nitrogen and oxygen atoms in total. The number of amides is 2. The van der Waals surface area contributed by atoms with E-state index in [0.29, 0.717) is 61.8 Å². The Kier molecular flexibility index (Phi) is 7.75. The first kappa shape index (κ1) is 25.7. The maximum absolute atomic E-state index is 13.8. The molecule has 0 bridgehead atoms. The quantitative estimate of drug-likeness (QED) is 0.405. The highest BCUT2D eigenvalue weighted by molar-refractivity contribution is 9.10. The van der Waals surface area contributed by atoms with Crippen LogP contribution in [0.25, 0.3) is 0 Å². The van der Waals surface area contributed by atoms with E-state index >= 15 is 0 Å². The number of rotatable bonds is 8. The summed E-state index contributed by atoms with van der Waals surface area (Å²) in [5.41, 5.74) is 1.45. The number of carbonyl (C=O) groups is 2. The number of nitrogens with one attached hydrogen (secondary N) is 2. The minimum atomic E-state index is -0.844. The summed E-state index contributed by atoms with van der Waals surface area (Å²) in [5.74, 6) is -0.00495. The zero-order valence-corrected chi connectivity index (χ0v) is 22.7. The van der Waals surface area contributed by atoms with Gasteiger partial charge in [-0.15, -0.1) is 11.3 Å². The molecule has 1 aliphatic carbocycles. The van der Waals surface area contributed by atoms with Gasteiger partial charge in [0.1, 0.15) is 24.5 Å². The Bertz CT molecular complexity index is 1280. The van der Waals surface area contributed by atoms with E-state index in [9.17, 15) is 14.0 Å². The molecule has 4 heterocycles. The van der Waals surface area contributed by atoms with Crippen molar-refractivity contribution in [3.8, 4) is 5.88 Å². The Morgan fingerprint density at radius 1 is 1.32 bits per heavy atom. The van der Waals surface area contributed by atoms with Crippen molar-refractivity contribution in [3.63, 3.8) is 0 Å². The molecule has 0 radical (unpaired) electrons. The van der Waals surface area contributed by atoms with Crippen LogP contribution in [0.2, 0.25) is 0 Å². The van der Waals surface area contributed by atoms with Crippen LogP contribution in [0.1, 0.15) is 40.2 Å². The first-order valence-corrected chi connectivity index (χ1v) is 13.8. The lowest BCUT2D eigenvalue weighted by molar-refractivity contribution is -0.118. The number of alkyl halides is 1. The third-order valence-corrected chi connectivity index (χ3v) is 8.11. The molecule has 1 saturated carbocycles. The highest BCUT2D eigenvalue weighted by Gasteiger charge is 2.31. The number of hydrogen-bond donors (Lipinski definition) is 2. The summed E-state index contributed by atoms with van der Waals surface area (Å²) in [6.45, 7) is 1.85. The second-order valence-electron chi connectivity index (χ2n) is 9.44. The van der Waals surface area contributed by atoms with Crippen LogP contribution in [0.4, 0.5) is 15.8 Å². The number of ether oxygens (including phenoxy) is 1. The summed E-state index contributed by atoms with van der Waals surface area (Å²) in [4.78, 5) is 34.3. The third kappa shape index (κ3) is 6.30. The number of anilines is 2. The van der Waals surface area contributed by atoms with Gasteiger partial charge >= 0.3 is 0 Å². The summed E-state index contributed by atoms with van der Waals surface area (Å²) in [7, 11) is 1.76. The van der Waals surface area contributed by atoms with E-state index in [1.54, 1.807) is 36.4 Å². The van der Waals surface area contributed by atoms with Crippen LogP contribution in [0.15, 0.2) is 41.3 Å². The van der Waals surface area contributed by atoms with Gasteiger partial charge in [-0.1, -0.05) is 0 Å². The van der Waals surface area contributed by atoms with E-state index in [2.05, 4.69) is 41.5 Å². The number of aromatic nitrogens is 3. The van der Waals surface area contributed by atoms with Crippen molar-refractivity contribution < 1.29 is 18.7 Å². The molecule has 1 fully saturated rings. The van der Waals surface area contributed by atoms with E-state index < -0.39 is 12.2 Å². The Morgan fingerprint density at radius 3 is 2.95 bits per heavy atom. The van der Waals surface area contributed by atoms with Crippen molar-refractivity contribution in [3.05, 3.63) is 51.0 Å². The molecule has 2 aliphatic rings. The molecule has 5 rings (SSSR count). The second kappa shape index (κ2) is 11.2. The Hall–Kier alpha value is -2.99. The van der Waals surface area contributed by atoms with Gasteiger partial charge in [0, 0.05) is 28.8 Å². The molecule has 3 aromatic rings. The van der Waals surface area contributed by atoms with E-state index in [4.69, 9.17) is 4.74 Å². The fraction of sp³-hybridized carbons (Fsp3) is 0.440. The lowest BCUT2D eigenvalue weighted by Gasteiger charge is -2.30. The fourth-order valence-corrected chi connectivity index (χ4v) is 6.05. The van der Waals surface area contributed by atoms with Gasteiger partial charge in [0.2, 0.25) is 11.8 Å². The molecule has 3 aromatic heterocycles. The lowest BCUT2D eigenvalue weighted by atomic mass is 9.97. The lowest BCUT2D eigenvalue weighted by Crippen LogP contribution is -2.44. The molecule has 0 spiro atoms. The van der Waals surface area contributed by atoms with Crippen molar-refractivity contribution in [1.82, 2.24) is 20.1 Å². The van der Waals surface area contributed by atoms with E-state index in [-0.39, 0.29) is 17.7 Å². The third-order valence-electron chi connectivity index (χ3n) is 6.61. The molecule has 0 unspecified atom stereocenters. The number of halogens is 2. The summed E-state index contributed by atoms with van der Waals surface area (Å²) in [5, 5.41) is 9.79. The Morgan fingerprint density at radius 2 is 2.19 bits per heavy atom. The van der Waals surface area contributed by atoms with E-state index in [1.165, 1.54) is 11.3 Å². The zero-order chi connectivity index (χ0) is 25.9. The normalized spacial score (nSPS) is 19.7. The topological polar surface area (TPSA) is 101 Å². The summed E-state index contributed by atoms with van der Waals surface area (Å²) in [6, 6.07) is 4.90. The summed E-state index contributed by atoms with van der Waals surface area (Å²) in [6.07, 6.45) is 6.12. The first-order chi connectivity index (χ1) is 17.8. The number of nitrogens with zero attached hydrogens (tertiary/aromatic N) is 4. The van der Waals surface area contributed by atoms with Crippen molar-refractivity contribution in [2.24, 2.45) is 13.0 Å². The van der Waals surface area contributed by atoms with Crippen LogP contribution in [0.5, 0.6) is 5.88 Å². The highest BCUT2D eigenvalue weighted by atomic mass is 79.9. The predicted octanol–water partition coefficient (Wildman–Crippen LogP) is 4.30. The monoisotopic (exact) mass is 590 g/mol. The van der Waals surface area contributed by atoms with Gasteiger partial charge in [0.05, 0.1) is 29.9 Å². The Balaban J connectivity index is 1.26. The predicted molar refractivity (Wildman–Crippen MR) is 143 cm³/mol. The number of fused-ring (bicyclic) bond motifs is 1. The van der Waals surface area contributed by atoms with Gasteiger partial charge in [-0.25, -0.2) is 9.37 Å². The van der Waals surface area contributed by atoms with Gasteiger partial charge < -0.3 is 20.3 Å². The number of thiophene rings is 1. The molecule has 0 aromatic carbocycles. The number of aryl methyl sites for hydroxylation is 1. The molecule has 0 saturated heterocycles. The van der Waals surface area contributed by atoms with Crippen LogP contribution in [-0.4, -0.2) is 51.9 Å². The average molecular weight is 592 g/mol. The molecule has 2 amide bonds. The van der Waals surface area contributed by atoms with Crippen LogP contribution in [0.3, 0.4) is 0 Å². The molecule has 1 aliphatic heterocycles. The first-order valence-electron chi connectivity index (χ1n) is 12.2. The standard InChI is InChI=1S/C25H28BrFN6O3S/c1-32-13-18(12-29-32)30-23(34)20(9-15-2-3-17(27)8-15)31-24(35)22-5-4-19(37-22)14-33-6-7-36-25-21(33)10-16(26)11-28-25/h4-5,10-13,15,17,20H,2-3,6-9,14H2,1H3,(H,30,34)(H,31,35)/t15-,17-,20-/m0/s1. The number of hydrogen-bond acceptors (Lipinski definition) is 7. The SMILES string of the molecule is Cn1cc(NC(=O)[C@H](C[C@H]2CC[C@H](F)C2)NC(=O)c2ccc(CN3CCOc4ncc(Br)cc43)s2)cn1. The molecule has 2 N–H and O–H groups in total. The minimum absolute atomic E-state index is 0.0492. The van der Waals surface area contributed by atoms with Gasteiger partial charge in [-0.3, -0.25) is 14.3 Å². The van der Waals surface area contributed by atoms with Gasteiger partial charge in [-0.2, -0.15) is 5.10 Å². The highest BCUT2D eigenvalue weighted by Crippen LogP contribution is 2.34. The molecule has 12 heteroatoms. The van der Waals surface area contributed by atoms with Crippen molar-refractivity contribution in [1.29, 1.82) is 0 Å². The zero-order valence-electron chi connectivity index (χ0n) is 20.3. The summed E-state index contributed by atoms with van der Waals surface area (Å²) < 4.78 is 21.9. The van der Waals surface area contributed by atoms with Crippen LogP contribution >= 0.6 is 27.3 Å². The summed E-state index contributed by atoms with van der Waals surface area (Å²) >= 11 is 4.85. The van der Waals surface area contributed by atoms with Gasteiger partial charge in [0.15, 0.2) is 0 Å². The molecular weight excluding hydrogens is 563 g/mol. The maximum Gasteiger partial charge on any atom is 0.262 e. The largest absolute Gasteiger partial charge is 0.474 e. The van der Waals surface area contributed by atoms with Crippen LogP contribution in [0, 0.1) is 5.92 Å². The number of carbonyl (C=O) groups excluding carboxylic acids is 2. The van der Waals surface area contributed by atoms with Crippen LogP contribution < -0.4 is 20.3 Å². The van der Waals surface area contributed by atoms with Gasteiger partial charge in [-0.05, 0) is 65.7 Å². The molecular formula is C25H28BrFN6O3S. The van der Waals surface area contributed by atoms with Gasteiger partial charge in [0.25, 0.3) is 5.91 Å². The molecule has 3 atom stereocenters.